The second-order valence-electron chi connectivity index (χ2n) is 3.18. The molecule has 2 rings (SSSR count). The van der Waals surface area contributed by atoms with Crippen molar-refractivity contribution in [1.29, 1.82) is 0 Å². The molecule has 2 aromatic rings. The predicted molar refractivity (Wildman–Crippen MR) is 54.7 cm³/mol. The van der Waals surface area contributed by atoms with Crippen molar-refractivity contribution in [2.24, 2.45) is 0 Å². The maximum Gasteiger partial charge on any atom is 0.142 e. The van der Waals surface area contributed by atoms with Gasteiger partial charge in [0.25, 0.3) is 0 Å². The lowest BCUT2D eigenvalue weighted by Gasteiger charge is -2.01. The molecule has 0 saturated carbocycles. The molecule has 0 bridgehead atoms. The molecule has 0 radical (unpaired) electrons. The molecule has 0 aliphatic heterocycles. The van der Waals surface area contributed by atoms with E-state index in [1.165, 1.54) is 12.3 Å². The van der Waals surface area contributed by atoms with Crippen LogP contribution in [-0.2, 0) is 6.54 Å². The molecule has 4 heteroatoms. The fourth-order valence-corrected chi connectivity index (χ4v) is 1.45. The fourth-order valence-electron chi connectivity index (χ4n) is 1.45. The van der Waals surface area contributed by atoms with E-state index in [-0.39, 0.29) is 5.82 Å². The van der Waals surface area contributed by atoms with Gasteiger partial charge in [-0.15, -0.1) is 0 Å². The number of furan rings is 1. The van der Waals surface area contributed by atoms with Crippen LogP contribution in [0.25, 0.3) is 11.1 Å². The van der Waals surface area contributed by atoms with Gasteiger partial charge in [0.05, 0.1) is 19.0 Å². The van der Waals surface area contributed by atoms with Gasteiger partial charge in [-0.2, -0.15) is 0 Å². The van der Waals surface area contributed by atoms with Crippen molar-refractivity contribution >= 4 is 0 Å². The molecule has 0 unspecified atom stereocenters. The van der Waals surface area contributed by atoms with Crippen molar-refractivity contribution in [1.82, 2.24) is 10.3 Å². The van der Waals surface area contributed by atoms with Gasteiger partial charge in [0.15, 0.2) is 0 Å². The van der Waals surface area contributed by atoms with E-state index in [1.807, 2.05) is 13.1 Å². The van der Waals surface area contributed by atoms with Crippen LogP contribution in [0, 0.1) is 5.82 Å². The van der Waals surface area contributed by atoms with Crippen LogP contribution in [-0.4, -0.2) is 12.0 Å². The van der Waals surface area contributed by atoms with E-state index in [4.69, 9.17) is 4.42 Å². The van der Waals surface area contributed by atoms with Crippen molar-refractivity contribution < 1.29 is 8.81 Å². The van der Waals surface area contributed by atoms with Crippen LogP contribution < -0.4 is 5.32 Å². The zero-order chi connectivity index (χ0) is 10.7. The lowest BCUT2D eigenvalue weighted by atomic mass is 10.1. The van der Waals surface area contributed by atoms with Gasteiger partial charge >= 0.3 is 0 Å². The Bertz CT molecular complexity index is 453. The first-order valence-corrected chi connectivity index (χ1v) is 4.63. The average molecular weight is 206 g/mol. The third kappa shape index (κ3) is 2.05. The summed E-state index contributed by atoms with van der Waals surface area (Å²) in [5.41, 5.74) is 1.60. The second-order valence-corrected chi connectivity index (χ2v) is 3.18. The number of pyridine rings is 1. The average Bonchev–Trinajstić information content (AvgIpc) is 2.66. The number of hydrogen-bond acceptors (Lipinski definition) is 3. The predicted octanol–water partition coefficient (Wildman–Crippen LogP) is 2.20. The van der Waals surface area contributed by atoms with E-state index in [2.05, 4.69) is 10.3 Å². The summed E-state index contributed by atoms with van der Waals surface area (Å²) in [5, 5.41) is 2.99. The second kappa shape index (κ2) is 4.23. The number of hydrogen-bond donors (Lipinski definition) is 1. The highest BCUT2D eigenvalue weighted by atomic mass is 19.1. The van der Waals surface area contributed by atoms with Gasteiger partial charge in [0.1, 0.15) is 11.6 Å². The molecular weight excluding hydrogens is 195 g/mol. The molecule has 0 fully saturated rings. The van der Waals surface area contributed by atoms with E-state index in [0.717, 1.165) is 16.9 Å². The van der Waals surface area contributed by atoms with E-state index in [9.17, 15) is 4.39 Å². The van der Waals surface area contributed by atoms with E-state index < -0.39 is 0 Å². The van der Waals surface area contributed by atoms with Gasteiger partial charge in [-0.05, 0) is 19.2 Å². The molecule has 0 spiro atoms. The number of nitrogens with zero attached hydrogens (tertiary/aromatic N) is 1. The summed E-state index contributed by atoms with van der Waals surface area (Å²) in [7, 11) is 1.83. The van der Waals surface area contributed by atoms with Crippen LogP contribution >= 0.6 is 0 Å². The summed E-state index contributed by atoms with van der Waals surface area (Å²) >= 11 is 0. The van der Waals surface area contributed by atoms with Gasteiger partial charge in [0.2, 0.25) is 0 Å². The monoisotopic (exact) mass is 206 g/mol. The summed E-state index contributed by atoms with van der Waals surface area (Å²) in [6.45, 7) is 0.610. The number of aromatic nitrogens is 1. The van der Waals surface area contributed by atoms with Gasteiger partial charge in [-0.3, -0.25) is 4.98 Å². The number of rotatable bonds is 3. The van der Waals surface area contributed by atoms with Gasteiger partial charge in [-0.25, -0.2) is 4.39 Å². The topological polar surface area (TPSA) is 38.1 Å². The Labute approximate surface area is 86.9 Å². The van der Waals surface area contributed by atoms with Crippen LogP contribution in [0.3, 0.4) is 0 Å². The molecule has 78 valence electrons. The lowest BCUT2D eigenvalue weighted by Crippen LogP contribution is -2.04. The molecule has 0 aliphatic rings. The zero-order valence-electron chi connectivity index (χ0n) is 8.33. The molecule has 2 aromatic heterocycles. The van der Waals surface area contributed by atoms with E-state index in [1.54, 1.807) is 12.5 Å². The first kappa shape index (κ1) is 9.86. The molecule has 0 amide bonds. The minimum atomic E-state index is -0.343. The van der Waals surface area contributed by atoms with Crippen molar-refractivity contribution in [2.75, 3.05) is 7.05 Å². The Morgan fingerprint density at radius 1 is 1.47 bits per heavy atom. The maximum absolute atomic E-state index is 13.0. The lowest BCUT2D eigenvalue weighted by molar-refractivity contribution is 0.496. The largest absolute Gasteiger partial charge is 0.467 e. The highest BCUT2D eigenvalue weighted by Crippen LogP contribution is 2.24. The van der Waals surface area contributed by atoms with Crippen molar-refractivity contribution in [3.8, 4) is 11.1 Å². The van der Waals surface area contributed by atoms with Crippen molar-refractivity contribution in [3.63, 3.8) is 0 Å². The summed E-state index contributed by atoms with van der Waals surface area (Å²) in [5.74, 6) is 0.439. The molecule has 0 atom stereocenters. The standard InChI is InChI=1S/C11H11FN2O/c1-13-7-11-10(2-3-15-11)8-4-9(12)6-14-5-8/h2-6,13H,7H2,1H3. The Morgan fingerprint density at radius 2 is 2.33 bits per heavy atom. The summed E-state index contributed by atoms with van der Waals surface area (Å²) in [6.07, 6.45) is 4.39. The van der Waals surface area contributed by atoms with Crippen LogP contribution in [0.4, 0.5) is 4.39 Å². The van der Waals surface area contributed by atoms with Crippen LogP contribution in [0.15, 0.2) is 35.2 Å². The van der Waals surface area contributed by atoms with Crippen LogP contribution in [0.1, 0.15) is 5.76 Å². The zero-order valence-corrected chi connectivity index (χ0v) is 8.33. The maximum atomic E-state index is 13.0. The molecule has 1 N–H and O–H groups in total. The molecule has 15 heavy (non-hydrogen) atoms. The van der Waals surface area contributed by atoms with Gasteiger partial charge in [-0.1, -0.05) is 0 Å². The van der Waals surface area contributed by atoms with Gasteiger partial charge in [0, 0.05) is 17.3 Å². The van der Waals surface area contributed by atoms with E-state index >= 15 is 0 Å². The molecule has 3 nitrogen and oxygen atoms in total. The smallest absolute Gasteiger partial charge is 0.142 e. The molecule has 0 aromatic carbocycles. The quantitative estimate of drug-likeness (QED) is 0.836. The summed E-state index contributed by atoms with van der Waals surface area (Å²) in [6, 6.07) is 3.25. The highest BCUT2D eigenvalue weighted by Gasteiger charge is 2.08. The Morgan fingerprint density at radius 3 is 3.07 bits per heavy atom. The normalized spacial score (nSPS) is 10.5. The molecular formula is C11H11FN2O. The number of nitrogens with one attached hydrogen (secondary N) is 1. The summed E-state index contributed by atoms with van der Waals surface area (Å²) < 4.78 is 18.3. The van der Waals surface area contributed by atoms with Crippen LogP contribution in [0.2, 0.25) is 0 Å². The highest BCUT2D eigenvalue weighted by molar-refractivity contribution is 5.64. The first-order chi connectivity index (χ1) is 7.31. The Kier molecular flexibility index (Phi) is 2.78. The van der Waals surface area contributed by atoms with Crippen LogP contribution in [0.5, 0.6) is 0 Å². The van der Waals surface area contributed by atoms with Gasteiger partial charge < -0.3 is 9.73 Å². The molecule has 0 aliphatic carbocycles. The first-order valence-electron chi connectivity index (χ1n) is 4.63. The third-order valence-electron chi connectivity index (χ3n) is 2.10. The van der Waals surface area contributed by atoms with E-state index in [0.29, 0.717) is 6.54 Å². The Hall–Kier alpha value is -1.68. The minimum Gasteiger partial charge on any atom is -0.467 e. The SMILES string of the molecule is CNCc1occc1-c1cncc(F)c1. The molecule has 0 saturated heterocycles. The fraction of sp³-hybridized carbons (Fsp3) is 0.182. The van der Waals surface area contributed by atoms with Crippen molar-refractivity contribution in [2.45, 2.75) is 6.54 Å². The molecule has 2 heterocycles. The number of halogens is 1. The summed E-state index contributed by atoms with van der Waals surface area (Å²) in [4.78, 5) is 3.80. The Balaban J connectivity index is 2.40. The van der Waals surface area contributed by atoms with Crippen molar-refractivity contribution in [3.05, 3.63) is 42.4 Å². The third-order valence-corrected chi connectivity index (χ3v) is 2.10. The minimum absolute atomic E-state index is 0.343.